The molecule has 1 aromatic heterocycles. The lowest BCUT2D eigenvalue weighted by Gasteiger charge is -2.26. The Morgan fingerprint density at radius 3 is 2.46 bits per heavy atom. The van der Waals surface area contributed by atoms with Crippen LogP contribution in [0.5, 0.6) is 0 Å². The molecule has 0 atom stereocenters. The number of likely N-dealkylation sites (N-methyl/N-ethyl adjacent to an activating group) is 1. The van der Waals surface area contributed by atoms with Crippen molar-refractivity contribution in [3.05, 3.63) is 83.1 Å². The van der Waals surface area contributed by atoms with Gasteiger partial charge in [-0.25, -0.2) is 0 Å². The van der Waals surface area contributed by atoms with Crippen molar-refractivity contribution in [3.8, 4) is 0 Å². The number of fused-ring (bicyclic) bond motifs is 2. The molecule has 24 heavy (non-hydrogen) atoms. The molecule has 120 valence electrons. The summed E-state index contributed by atoms with van der Waals surface area (Å²) in [4.78, 5) is 7.22. The van der Waals surface area contributed by atoms with Gasteiger partial charge in [0.15, 0.2) is 0 Å². The van der Waals surface area contributed by atoms with Gasteiger partial charge in [0.05, 0.1) is 5.52 Å². The molecule has 0 aliphatic heterocycles. The van der Waals surface area contributed by atoms with E-state index in [1.165, 1.54) is 33.4 Å². The van der Waals surface area contributed by atoms with Gasteiger partial charge in [-0.2, -0.15) is 0 Å². The minimum Gasteiger partial charge on any atom is -0.305 e. The van der Waals surface area contributed by atoms with Crippen LogP contribution in [-0.4, -0.2) is 30.5 Å². The molecule has 0 saturated carbocycles. The van der Waals surface area contributed by atoms with Crippen LogP contribution >= 0.6 is 0 Å². The maximum atomic E-state index is 4.96. The molecule has 0 unspecified atom stereocenters. The summed E-state index contributed by atoms with van der Waals surface area (Å²) in [7, 11) is 4.29. The van der Waals surface area contributed by atoms with Crippen LogP contribution in [0.15, 0.2) is 66.2 Å². The van der Waals surface area contributed by atoms with Crippen LogP contribution in [0.4, 0.5) is 0 Å². The first kappa shape index (κ1) is 15.1. The van der Waals surface area contributed by atoms with Crippen molar-refractivity contribution in [3.63, 3.8) is 0 Å². The highest BCUT2D eigenvalue weighted by Gasteiger charge is 2.22. The van der Waals surface area contributed by atoms with Gasteiger partial charge in [-0.15, -0.1) is 0 Å². The molecular weight excluding hydrogens is 292 g/mol. The molecule has 0 fully saturated rings. The molecule has 2 heteroatoms. The van der Waals surface area contributed by atoms with E-state index in [0.29, 0.717) is 0 Å². The smallest absolute Gasteiger partial charge is 0.0705 e. The van der Waals surface area contributed by atoms with Gasteiger partial charge < -0.3 is 4.90 Å². The Morgan fingerprint density at radius 1 is 0.917 bits per heavy atom. The molecule has 0 radical (unpaired) electrons. The van der Waals surface area contributed by atoms with Gasteiger partial charge in [-0.05, 0) is 55.8 Å². The van der Waals surface area contributed by atoms with Crippen LogP contribution < -0.4 is 0 Å². The number of aryl methyl sites for hydroxylation is 1. The number of aromatic nitrogens is 1. The molecule has 0 saturated heterocycles. The van der Waals surface area contributed by atoms with E-state index in [2.05, 4.69) is 79.7 Å². The highest BCUT2D eigenvalue weighted by atomic mass is 15.0. The van der Waals surface area contributed by atoms with E-state index in [1.807, 2.05) is 0 Å². The second-order valence-corrected chi connectivity index (χ2v) is 6.76. The summed E-state index contributed by atoms with van der Waals surface area (Å²) in [6, 6.07) is 21.5. The van der Waals surface area contributed by atoms with Crippen LogP contribution in [0.1, 0.15) is 23.2 Å². The van der Waals surface area contributed by atoms with E-state index < -0.39 is 0 Å². The average Bonchev–Trinajstić information content (AvgIpc) is 2.60. The quantitative estimate of drug-likeness (QED) is 0.705. The third-order valence-corrected chi connectivity index (χ3v) is 4.66. The molecular formula is C22H22N2. The van der Waals surface area contributed by atoms with Gasteiger partial charge in [0, 0.05) is 23.2 Å². The first-order chi connectivity index (χ1) is 11.7. The van der Waals surface area contributed by atoms with E-state index in [4.69, 9.17) is 4.98 Å². The van der Waals surface area contributed by atoms with Crippen LogP contribution in [0, 0.1) is 0 Å². The molecule has 0 spiro atoms. The monoisotopic (exact) mass is 314 g/mol. The normalized spacial score (nSPS) is 14.3. The highest BCUT2D eigenvalue weighted by Crippen LogP contribution is 2.37. The number of pyridine rings is 1. The molecule has 2 nitrogen and oxygen atoms in total. The lowest BCUT2D eigenvalue weighted by atomic mass is 9.83. The molecule has 1 heterocycles. The molecule has 1 aliphatic rings. The van der Waals surface area contributed by atoms with Crippen molar-refractivity contribution in [2.24, 2.45) is 0 Å². The van der Waals surface area contributed by atoms with Crippen molar-refractivity contribution >= 4 is 16.5 Å². The van der Waals surface area contributed by atoms with E-state index in [1.54, 1.807) is 0 Å². The lowest BCUT2D eigenvalue weighted by molar-refractivity contribution is 0.439. The second kappa shape index (κ2) is 6.21. The van der Waals surface area contributed by atoms with Crippen LogP contribution in [0.2, 0.25) is 0 Å². The third-order valence-electron chi connectivity index (χ3n) is 4.66. The van der Waals surface area contributed by atoms with E-state index in [0.717, 1.165) is 24.9 Å². The van der Waals surface area contributed by atoms with Crippen molar-refractivity contribution in [2.45, 2.75) is 12.8 Å². The molecule has 4 rings (SSSR count). The average molecular weight is 314 g/mol. The number of para-hydroxylation sites is 1. The van der Waals surface area contributed by atoms with Gasteiger partial charge in [0.1, 0.15) is 0 Å². The van der Waals surface area contributed by atoms with Gasteiger partial charge in [-0.3, -0.25) is 4.98 Å². The van der Waals surface area contributed by atoms with Crippen molar-refractivity contribution in [1.29, 1.82) is 0 Å². The molecule has 0 amide bonds. The Bertz CT molecular complexity index is 908. The van der Waals surface area contributed by atoms with E-state index in [-0.39, 0.29) is 0 Å². The maximum absolute atomic E-state index is 4.96. The Labute approximate surface area is 143 Å². The zero-order valence-corrected chi connectivity index (χ0v) is 14.3. The first-order valence-electron chi connectivity index (χ1n) is 8.53. The molecule has 2 aromatic carbocycles. The second-order valence-electron chi connectivity index (χ2n) is 6.76. The van der Waals surface area contributed by atoms with Crippen molar-refractivity contribution in [2.75, 3.05) is 20.6 Å². The number of hydrogen-bond acceptors (Lipinski definition) is 2. The summed E-state index contributed by atoms with van der Waals surface area (Å²) in [5.74, 6) is 0. The zero-order valence-electron chi connectivity index (χ0n) is 14.3. The Morgan fingerprint density at radius 2 is 1.67 bits per heavy atom. The van der Waals surface area contributed by atoms with Crippen LogP contribution in [-0.2, 0) is 6.42 Å². The van der Waals surface area contributed by atoms with Gasteiger partial charge in [-0.1, -0.05) is 48.5 Å². The van der Waals surface area contributed by atoms with Crippen LogP contribution in [0.25, 0.3) is 16.5 Å². The molecule has 1 aliphatic carbocycles. The van der Waals surface area contributed by atoms with E-state index in [9.17, 15) is 0 Å². The fourth-order valence-corrected chi connectivity index (χ4v) is 3.65. The molecule has 3 aromatic rings. The summed E-state index contributed by atoms with van der Waals surface area (Å²) < 4.78 is 0. The Balaban J connectivity index is 1.96. The summed E-state index contributed by atoms with van der Waals surface area (Å²) in [6.45, 7) is 0.997. The number of nitrogens with zero attached hydrogens (tertiary/aromatic N) is 2. The summed E-state index contributed by atoms with van der Waals surface area (Å²) in [5, 5.41) is 1.22. The summed E-state index contributed by atoms with van der Waals surface area (Å²) in [6.07, 6.45) is 2.11. The SMILES string of the molecule is CN(C)CC1=C(c2ccccc2)c2cc3ccccc3nc2CC1. The Kier molecular flexibility index (Phi) is 3.91. The van der Waals surface area contributed by atoms with Crippen molar-refractivity contribution in [1.82, 2.24) is 9.88 Å². The fraction of sp³-hybridized carbons (Fsp3) is 0.227. The standard InChI is InChI=1S/C22H22N2/c1-24(2)15-18-12-13-21-19(22(18)16-8-4-3-5-9-16)14-17-10-6-7-11-20(17)23-21/h3-11,14H,12-13,15H2,1-2H3. The van der Waals surface area contributed by atoms with Gasteiger partial charge in [0.2, 0.25) is 0 Å². The Hall–Kier alpha value is -2.45. The maximum Gasteiger partial charge on any atom is 0.0705 e. The largest absolute Gasteiger partial charge is 0.305 e. The van der Waals surface area contributed by atoms with Crippen LogP contribution in [0.3, 0.4) is 0 Å². The minimum absolute atomic E-state index is 0.997. The lowest BCUT2D eigenvalue weighted by Crippen LogP contribution is -2.20. The molecule has 0 N–H and O–H groups in total. The number of benzene rings is 2. The first-order valence-corrected chi connectivity index (χ1v) is 8.53. The predicted octanol–water partition coefficient (Wildman–Crippen LogP) is 4.54. The molecule has 0 bridgehead atoms. The van der Waals surface area contributed by atoms with Crippen molar-refractivity contribution < 1.29 is 0 Å². The predicted molar refractivity (Wildman–Crippen MR) is 101 cm³/mol. The third kappa shape index (κ3) is 2.74. The number of rotatable bonds is 3. The number of hydrogen-bond donors (Lipinski definition) is 0. The fourth-order valence-electron chi connectivity index (χ4n) is 3.65. The van der Waals surface area contributed by atoms with E-state index >= 15 is 0 Å². The highest BCUT2D eigenvalue weighted by molar-refractivity contribution is 5.90. The minimum atomic E-state index is 0.997. The zero-order chi connectivity index (χ0) is 16.5. The summed E-state index contributed by atoms with van der Waals surface area (Å²) >= 11 is 0. The summed E-state index contributed by atoms with van der Waals surface area (Å²) in [5.41, 5.74) is 7.82. The topological polar surface area (TPSA) is 16.1 Å². The van der Waals surface area contributed by atoms with Gasteiger partial charge in [0.25, 0.3) is 0 Å². The van der Waals surface area contributed by atoms with Gasteiger partial charge >= 0.3 is 0 Å².